The number of anilines is 1. The molecular formula is C27H24N2O5. The number of carboxylic acid groups (broad SMARTS) is 1. The van der Waals surface area contributed by atoms with Crippen molar-refractivity contribution in [3.05, 3.63) is 94.6 Å². The average molecular weight is 456 g/mol. The Morgan fingerprint density at radius 3 is 2.26 bits per heavy atom. The molecule has 0 atom stereocenters. The second kappa shape index (κ2) is 11.3. The fourth-order valence-corrected chi connectivity index (χ4v) is 3.14. The number of hydrogen-bond acceptors (Lipinski definition) is 5. The van der Waals surface area contributed by atoms with Gasteiger partial charge in [0, 0.05) is 5.69 Å². The van der Waals surface area contributed by atoms with Crippen molar-refractivity contribution in [1.82, 2.24) is 0 Å². The first-order chi connectivity index (χ1) is 16.4. The van der Waals surface area contributed by atoms with Gasteiger partial charge in [-0.05, 0) is 65.6 Å². The van der Waals surface area contributed by atoms with E-state index in [2.05, 4.69) is 5.32 Å². The number of benzene rings is 3. The molecule has 0 aliphatic rings. The highest BCUT2D eigenvalue weighted by molar-refractivity contribution is 6.09. The number of ether oxygens (including phenoxy) is 2. The summed E-state index contributed by atoms with van der Waals surface area (Å²) >= 11 is 0. The number of methoxy groups -OCH3 is 1. The van der Waals surface area contributed by atoms with Gasteiger partial charge in [-0.25, -0.2) is 4.79 Å². The van der Waals surface area contributed by atoms with Gasteiger partial charge in [0.1, 0.15) is 18.2 Å². The summed E-state index contributed by atoms with van der Waals surface area (Å²) in [5.41, 5.74) is 3.32. The predicted molar refractivity (Wildman–Crippen MR) is 129 cm³/mol. The van der Waals surface area contributed by atoms with Gasteiger partial charge < -0.3 is 19.9 Å². The number of rotatable bonds is 9. The fourth-order valence-electron chi connectivity index (χ4n) is 3.14. The smallest absolute Gasteiger partial charge is 0.335 e. The molecule has 3 aromatic rings. The topological polar surface area (TPSA) is 109 Å². The lowest BCUT2D eigenvalue weighted by Gasteiger charge is -2.12. The predicted octanol–water partition coefficient (Wildman–Crippen LogP) is 5.08. The Kier molecular flexibility index (Phi) is 8.03. The zero-order chi connectivity index (χ0) is 24.5. The number of carboxylic acids is 1. The molecule has 0 heterocycles. The van der Waals surface area contributed by atoms with E-state index in [-0.39, 0.29) is 17.7 Å². The highest BCUT2D eigenvalue weighted by Gasteiger charge is 2.12. The number of hydrogen-bond donors (Lipinski definition) is 2. The zero-order valence-electron chi connectivity index (χ0n) is 18.9. The molecule has 0 aliphatic carbocycles. The van der Waals surface area contributed by atoms with Crippen LogP contribution in [0.3, 0.4) is 0 Å². The Hall–Kier alpha value is -4.57. The number of amides is 1. The Bertz CT molecular complexity index is 1240. The number of aryl methyl sites for hydroxylation is 1. The lowest BCUT2D eigenvalue weighted by Crippen LogP contribution is -2.13. The summed E-state index contributed by atoms with van der Waals surface area (Å²) in [5.74, 6) is -0.585. The van der Waals surface area contributed by atoms with Gasteiger partial charge in [-0.2, -0.15) is 5.26 Å². The van der Waals surface area contributed by atoms with E-state index >= 15 is 0 Å². The molecule has 7 heteroatoms. The number of nitrogens with zero attached hydrogens (tertiary/aromatic N) is 1. The second-order valence-electron chi connectivity index (χ2n) is 7.38. The summed E-state index contributed by atoms with van der Waals surface area (Å²) in [4.78, 5) is 23.5. The van der Waals surface area contributed by atoms with Gasteiger partial charge in [0.2, 0.25) is 0 Å². The molecule has 1 amide bonds. The Labute approximate surface area is 197 Å². The summed E-state index contributed by atoms with van der Waals surface area (Å²) in [6.07, 6.45) is 2.38. The molecule has 0 fully saturated rings. The van der Waals surface area contributed by atoms with Gasteiger partial charge in [-0.15, -0.1) is 0 Å². The minimum Gasteiger partial charge on any atom is -0.493 e. The number of aromatic carboxylic acids is 1. The highest BCUT2D eigenvalue weighted by atomic mass is 16.5. The van der Waals surface area contributed by atoms with E-state index in [1.807, 2.05) is 25.1 Å². The summed E-state index contributed by atoms with van der Waals surface area (Å²) in [6, 6.07) is 20.9. The maximum atomic E-state index is 12.6. The summed E-state index contributed by atoms with van der Waals surface area (Å²) in [6.45, 7) is 2.27. The highest BCUT2D eigenvalue weighted by Crippen LogP contribution is 2.30. The van der Waals surface area contributed by atoms with E-state index in [1.165, 1.54) is 25.3 Å². The van der Waals surface area contributed by atoms with Crippen LogP contribution in [-0.2, 0) is 17.8 Å². The minimum absolute atomic E-state index is 0.0474. The van der Waals surface area contributed by atoms with Crippen molar-refractivity contribution < 1.29 is 24.2 Å². The van der Waals surface area contributed by atoms with E-state index in [0.29, 0.717) is 22.7 Å². The van der Waals surface area contributed by atoms with Crippen molar-refractivity contribution in [3.63, 3.8) is 0 Å². The minimum atomic E-state index is -0.988. The van der Waals surface area contributed by atoms with Crippen LogP contribution in [0.2, 0.25) is 0 Å². The molecule has 0 spiro atoms. The van der Waals surface area contributed by atoms with Gasteiger partial charge in [0.25, 0.3) is 5.91 Å². The quantitative estimate of drug-likeness (QED) is 0.343. The van der Waals surface area contributed by atoms with Crippen LogP contribution in [0.25, 0.3) is 6.08 Å². The standard InChI is InChI=1S/C27H24N2O5/c1-3-18-6-11-23(12-7-18)29-26(30)22(16-28)14-20-8-13-24(25(15-20)33-2)34-17-19-4-9-21(10-5-19)27(31)32/h4-15H,3,17H2,1-2H3,(H,29,30)(H,31,32)/b22-14+. The van der Waals surface area contributed by atoms with Crippen LogP contribution in [0.5, 0.6) is 11.5 Å². The first-order valence-corrected chi connectivity index (χ1v) is 10.6. The summed E-state index contributed by atoms with van der Waals surface area (Å²) in [7, 11) is 1.50. The Morgan fingerprint density at radius 2 is 1.68 bits per heavy atom. The van der Waals surface area contributed by atoms with Gasteiger partial charge in [-0.3, -0.25) is 4.79 Å². The van der Waals surface area contributed by atoms with Crippen LogP contribution in [0.4, 0.5) is 5.69 Å². The maximum absolute atomic E-state index is 12.6. The number of carbonyl (C=O) groups is 2. The van der Waals surface area contributed by atoms with Crippen molar-refractivity contribution in [2.45, 2.75) is 20.0 Å². The second-order valence-corrected chi connectivity index (χ2v) is 7.38. The fraction of sp³-hybridized carbons (Fsp3) is 0.148. The molecule has 0 saturated heterocycles. The van der Waals surface area contributed by atoms with E-state index in [1.54, 1.807) is 42.5 Å². The molecule has 3 aromatic carbocycles. The van der Waals surface area contributed by atoms with E-state index in [9.17, 15) is 14.9 Å². The van der Waals surface area contributed by atoms with Crippen LogP contribution in [0, 0.1) is 11.3 Å². The van der Waals surface area contributed by atoms with Crippen LogP contribution >= 0.6 is 0 Å². The number of nitriles is 1. The van der Waals surface area contributed by atoms with Crippen molar-refractivity contribution in [2.24, 2.45) is 0 Å². The van der Waals surface area contributed by atoms with Gasteiger partial charge in [-0.1, -0.05) is 37.3 Å². The van der Waals surface area contributed by atoms with Crippen LogP contribution < -0.4 is 14.8 Å². The molecule has 0 saturated carbocycles. The van der Waals surface area contributed by atoms with E-state index in [0.717, 1.165) is 17.5 Å². The zero-order valence-corrected chi connectivity index (χ0v) is 18.9. The average Bonchev–Trinajstić information content (AvgIpc) is 2.86. The molecule has 0 aliphatic heterocycles. The molecule has 3 rings (SSSR count). The molecule has 2 N–H and O–H groups in total. The van der Waals surface area contributed by atoms with Crippen LogP contribution in [0.1, 0.15) is 34.0 Å². The molecule has 0 radical (unpaired) electrons. The maximum Gasteiger partial charge on any atom is 0.335 e. The monoisotopic (exact) mass is 456 g/mol. The third kappa shape index (κ3) is 6.24. The van der Waals surface area contributed by atoms with Crippen molar-refractivity contribution in [3.8, 4) is 17.6 Å². The Balaban J connectivity index is 1.71. The normalized spacial score (nSPS) is 10.8. The third-order valence-corrected chi connectivity index (χ3v) is 5.08. The lowest BCUT2D eigenvalue weighted by molar-refractivity contribution is -0.112. The SMILES string of the molecule is CCc1ccc(NC(=O)/C(C#N)=C/c2ccc(OCc3ccc(C(=O)O)cc3)c(OC)c2)cc1. The van der Waals surface area contributed by atoms with Crippen LogP contribution in [0.15, 0.2) is 72.3 Å². The molecule has 172 valence electrons. The van der Waals surface area contributed by atoms with E-state index in [4.69, 9.17) is 14.6 Å². The summed E-state index contributed by atoms with van der Waals surface area (Å²) < 4.78 is 11.2. The van der Waals surface area contributed by atoms with Crippen LogP contribution in [-0.4, -0.2) is 24.1 Å². The first kappa shape index (κ1) is 24.1. The first-order valence-electron chi connectivity index (χ1n) is 10.6. The Morgan fingerprint density at radius 1 is 1.00 bits per heavy atom. The molecule has 0 unspecified atom stereocenters. The molecule has 34 heavy (non-hydrogen) atoms. The largest absolute Gasteiger partial charge is 0.493 e. The van der Waals surface area contributed by atoms with Crippen molar-refractivity contribution in [1.29, 1.82) is 5.26 Å². The molecule has 0 aromatic heterocycles. The molecule has 7 nitrogen and oxygen atoms in total. The molecule has 0 bridgehead atoms. The summed E-state index contributed by atoms with van der Waals surface area (Å²) in [5, 5.41) is 21.2. The third-order valence-electron chi connectivity index (χ3n) is 5.08. The lowest BCUT2D eigenvalue weighted by atomic mass is 10.1. The van der Waals surface area contributed by atoms with E-state index < -0.39 is 11.9 Å². The van der Waals surface area contributed by atoms with Gasteiger partial charge in [0.15, 0.2) is 11.5 Å². The molecular weight excluding hydrogens is 432 g/mol. The van der Waals surface area contributed by atoms with Crippen molar-refractivity contribution >= 4 is 23.6 Å². The number of carbonyl (C=O) groups excluding carboxylic acids is 1. The van der Waals surface area contributed by atoms with Gasteiger partial charge >= 0.3 is 5.97 Å². The van der Waals surface area contributed by atoms with Gasteiger partial charge in [0.05, 0.1) is 12.7 Å². The van der Waals surface area contributed by atoms with Crippen molar-refractivity contribution in [2.75, 3.05) is 12.4 Å². The number of nitrogens with one attached hydrogen (secondary N) is 1.